The van der Waals surface area contributed by atoms with Gasteiger partial charge in [-0.2, -0.15) is 0 Å². The fourth-order valence-corrected chi connectivity index (χ4v) is 1.66. The molecule has 1 aromatic carbocycles. The monoisotopic (exact) mass is 175 g/mol. The summed E-state index contributed by atoms with van der Waals surface area (Å²) in [5.74, 6) is 0. The number of nitrogens with one attached hydrogen (secondary N) is 2. The molecule has 0 aliphatic carbocycles. The van der Waals surface area contributed by atoms with Crippen LogP contribution in [0.2, 0.25) is 0 Å². The number of fused-ring (bicyclic) bond motifs is 2. The summed E-state index contributed by atoms with van der Waals surface area (Å²) < 4.78 is 5.06. The van der Waals surface area contributed by atoms with Gasteiger partial charge in [0, 0.05) is 11.5 Å². The molecule has 3 rings (SSSR count). The van der Waals surface area contributed by atoms with E-state index < -0.39 is 0 Å². The first kappa shape index (κ1) is 6.77. The summed E-state index contributed by atoms with van der Waals surface area (Å²) in [6.07, 6.45) is 2.01. The van der Waals surface area contributed by atoms with Gasteiger partial charge in [0.15, 0.2) is 5.58 Å². The Bertz CT molecular complexity index is 423. The molecule has 1 atom stereocenters. The second kappa shape index (κ2) is 2.16. The van der Waals surface area contributed by atoms with Crippen molar-refractivity contribution < 1.29 is 4.52 Å². The summed E-state index contributed by atoms with van der Waals surface area (Å²) in [7, 11) is 0. The van der Waals surface area contributed by atoms with E-state index in [1.807, 2.05) is 12.1 Å². The zero-order valence-electron chi connectivity index (χ0n) is 7.16. The molecule has 0 spiro atoms. The predicted molar refractivity (Wildman–Crippen MR) is 50.7 cm³/mol. The Hall–Kier alpha value is -1.71. The Balaban J connectivity index is 2.27. The second-order valence-electron chi connectivity index (χ2n) is 3.27. The van der Waals surface area contributed by atoms with Crippen LogP contribution in [0.3, 0.4) is 0 Å². The van der Waals surface area contributed by atoms with Gasteiger partial charge in [0.25, 0.3) is 0 Å². The lowest BCUT2D eigenvalue weighted by molar-refractivity contribution is 0.456. The molecule has 0 fully saturated rings. The predicted octanol–water partition coefficient (Wildman–Crippen LogP) is 2.01. The maximum atomic E-state index is 5.06. The lowest BCUT2D eigenvalue weighted by atomic mass is 10.2. The molecule has 2 N–H and O–H groups in total. The second-order valence-corrected chi connectivity index (χ2v) is 3.27. The van der Waals surface area contributed by atoms with Crippen LogP contribution in [0.4, 0.5) is 11.4 Å². The molecular formula is C9H9N3O. The zero-order valence-corrected chi connectivity index (χ0v) is 7.16. The van der Waals surface area contributed by atoms with E-state index >= 15 is 0 Å². The summed E-state index contributed by atoms with van der Waals surface area (Å²) in [5.41, 5.74) is 3.02. The number of nitrogens with zero attached hydrogens (tertiary/aromatic N) is 1. The van der Waals surface area contributed by atoms with Crippen LogP contribution in [-0.2, 0) is 0 Å². The van der Waals surface area contributed by atoms with Crippen LogP contribution in [0.15, 0.2) is 22.9 Å². The van der Waals surface area contributed by atoms with E-state index in [4.69, 9.17) is 4.52 Å². The third-order valence-corrected chi connectivity index (χ3v) is 2.24. The van der Waals surface area contributed by atoms with E-state index in [-0.39, 0.29) is 6.17 Å². The van der Waals surface area contributed by atoms with Crippen molar-refractivity contribution in [2.45, 2.75) is 13.1 Å². The number of rotatable bonds is 0. The van der Waals surface area contributed by atoms with Gasteiger partial charge in [-0.25, -0.2) is 0 Å². The molecular weight excluding hydrogens is 166 g/mol. The van der Waals surface area contributed by atoms with Gasteiger partial charge in [-0.3, -0.25) is 0 Å². The summed E-state index contributed by atoms with van der Waals surface area (Å²) in [5, 5.41) is 11.3. The summed E-state index contributed by atoms with van der Waals surface area (Å²) in [4.78, 5) is 0. The molecule has 4 nitrogen and oxygen atoms in total. The number of anilines is 2. The standard InChI is InChI=1S/C9H9N3O/c1-5-11-7-2-6-4-10-13-9(6)3-8(7)12-5/h2-5,11-12H,1H3. The van der Waals surface area contributed by atoms with Crippen LogP contribution in [0.5, 0.6) is 0 Å². The van der Waals surface area contributed by atoms with Gasteiger partial charge >= 0.3 is 0 Å². The highest BCUT2D eigenvalue weighted by molar-refractivity contribution is 5.90. The topological polar surface area (TPSA) is 50.1 Å². The highest BCUT2D eigenvalue weighted by Crippen LogP contribution is 2.32. The van der Waals surface area contributed by atoms with Gasteiger partial charge in [-0.05, 0) is 13.0 Å². The third-order valence-electron chi connectivity index (χ3n) is 2.24. The van der Waals surface area contributed by atoms with Crippen LogP contribution in [0.1, 0.15) is 6.92 Å². The summed E-state index contributed by atoms with van der Waals surface area (Å²) >= 11 is 0. The molecule has 0 radical (unpaired) electrons. The van der Waals surface area contributed by atoms with Crippen molar-refractivity contribution in [1.82, 2.24) is 5.16 Å². The Morgan fingerprint density at radius 3 is 2.92 bits per heavy atom. The maximum Gasteiger partial charge on any atom is 0.169 e. The van der Waals surface area contributed by atoms with E-state index in [1.54, 1.807) is 6.20 Å². The van der Waals surface area contributed by atoms with Gasteiger partial charge in [0.2, 0.25) is 0 Å². The van der Waals surface area contributed by atoms with Crippen LogP contribution < -0.4 is 10.6 Å². The molecule has 1 aliphatic heterocycles. The molecule has 66 valence electrons. The molecule has 1 aliphatic rings. The fourth-order valence-electron chi connectivity index (χ4n) is 1.66. The lowest BCUT2D eigenvalue weighted by Gasteiger charge is -2.01. The van der Waals surface area contributed by atoms with E-state index in [0.717, 1.165) is 22.3 Å². The van der Waals surface area contributed by atoms with Crippen molar-refractivity contribution in [3.63, 3.8) is 0 Å². The first-order valence-corrected chi connectivity index (χ1v) is 4.24. The molecule has 0 amide bonds. The molecule has 13 heavy (non-hydrogen) atoms. The number of aromatic nitrogens is 1. The number of hydrogen-bond donors (Lipinski definition) is 2. The van der Waals surface area contributed by atoms with Gasteiger partial charge in [-0.15, -0.1) is 0 Å². The molecule has 1 unspecified atom stereocenters. The van der Waals surface area contributed by atoms with Crippen LogP contribution in [-0.4, -0.2) is 11.3 Å². The number of benzene rings is 1. The van der Waals surface area contributed by atoms with Gasteiger partial charge < -0.3 is 15.2 Å². The van der Waals surface area contributed by atoms with Gasteiger partial charge in [0.1, 0.15) is 0 Å². The van der Waals surface area contributed by atoms with Crippen LogP contribution >= 0.6 is 0 Å². The van der Waals surface area contributed by atoms with Crippen molar-refractivity contribution in [2.75, 3.05) is 10.6 Å². The van der Waals surface area contributed by atoms with E-state index in [0.29, 0.717) is 0 Å². The van der Waals surface area contributed by atoms with Gasteiger partial charge in [-0.1, -0.05) is 5.16 Å². The lowest BCUT2D eigenvalue weighted by Crippen LogP contribution is -2.16. The minimum Gasteiger partial charge on any atom is -0.364 e. The van der Waals surface area contributed by atoms with Gasteiger partial charge in [0.05, 0.1) is 23.7 Å². The van der Waals surface area contributed by atoms with Crippen molar-refractivity contribution in [1.29, 1.82) is 0 Å². The molecule has 2 heterocycles. The van der Waals surface area contributed by atoms with Crippen molar-refractivity contribution in [2.24, 2.45) is 0 Å². The summed E-state index contributed by atoms with van der Waals surface area (Å²) in [6.45, 7) is 2.07. The third kappa shape index (κ3) is 0.884. The Morgan fingerprint density at radius 1 is 1.31 bits per heavy atom. The molecule has 0 saturated heterocycles. The largest absolute Gasteiger partial charge is 0.364 e. The Kier molecular flexibility index (Phi) is 1.12. The molecule has 0 bridgehead atoms. The van der Waals surface area contributed by atoms with Crippen LogP contribution in [0.25, 0.3) is 11.0 Å². The average molecular weight is 175 g/mol. The smallest absolute Gasteiger partial charge is 0.169 e. The molecule has 1 aromatic heterocycles. The van der Waals surface area contributed by atoms with Crippen molar-refractivity contribution in [3.05, 3.63) is 18.3 Å². The SMILES string of the molecule is CC1Nc2cc3cnoc3cc2N1. The Morgan fingerprint density at radius 2 is 2.08 bits per heavy atom. The molecule has 4 heteroatoms. The normalized spacial score (nSPS) is 19.6. The number of hydrogen-bond acceptors (Lipinski definition) is 4. The first-order chi connectivity index (χ1) is 6.33. The minimum absolute atomic E-state index is 0.287. The average Bonchev–Trinajstić information content (AvgIpc) is 2.63. The minimum atomic E-state index is 0.287. The first-order valence-electron chi connectivity index (χ1n) is 4.24. The summed E-state index contributed by atoms with van der Waals surface area (Å²) in [6, 6.07) is 4.01. The fraction of sp³-hybridized carbons (Fsp3) is 0.222. The van der Waals surface area contributed by atoms with E-state index in [1.165, 1.54) is 0 Å². The highest BCUT2D eigenvalue weighted by Gasteiger charge is 2.16. The maximum absolute atomic E-state index is 5.06. The van der Waals surface area contributed by atoms with E-state index in [9.17, 15) is 0 Å². The highest BCUT2D eigenvalue weighted by atomic mass is 16.5. The quantitative estimate of drug-likeness (QED) is 0.643. The van der Waals surface area contributed by atoms with E-state index in [2.05, 4.69) is 22.7 Å². The van der Waals surface area contributed by atoms with Crippen molar-refractivity contribution in [3.8, 4) is 0 Å². The van der Waals surface area contributed by atoms with Crippen LogP contribution in [0, 0.1) is 0 Å². The molecule has 0 saturated carbocycles. The Labute approximate surface area is 74.9 Å². The molecule has 2 aromatic rings. The zero-order chi connectivity index (χ0) is 8.84. The van der Waals surface area contributed by atoms with Crippen molar-refractivity contribution >= 4 is 22.3 Å².